The Kier molecular flexibility index (Phi) is 8.54. The molecular weight excluding hydrogens is 498 g/mol. The molecule has 8 nitrogen and oxygen atoms in total. The number of nitrogens with zero attached hydrogens (tertiary/aromatic N) is 4. The van der Waals surface area contributed by atoms with E-state index in [0.29, 0.717) is 23.9 Å². The van der Waals surface area contributed by atoms with Gasteiger partial charge < -0.3 is 21.3 Å². The highest BCUT2D eigenvalue weighted by Crippen LogP contribution is 2.33. The molecule has 0 spiro atoms. The lowest BCUT2D eigenvalue weighted by molar-refractivity contribution is -0.121. The average Bonchev–Trinajstić information content (AvgIpc) is 3.46. The van der Waals surface area contributed by atoms with E-state index < -0.39 is 0 Å². The van der Waals surface area contributed by atoms with E-state index in [0.717, 1.165) is 42.6 Å². The molecule has 0 saturated heterocycles. The molecule has 4 N–H and O–H groups in total. The van der Waals surface area contributed by atoms with Gasteiger partial charge >= 0.3 is 0 Å². The van der Waals surface area contributed by atoms with Crippen LogP contribution in [0.2, 0.25) is 0 Å². The quantitative estimate of drug-likeness (QED) is 0.383. The summed E-state index contributed by atoms with van der Waals surface area (Å²) in [6, 6.07) is 24.2. The van der Waals surface area contributed by atoms with Gasteiger partial charge in [-0.15, -0.1) is 0 Å². The Morgan fingerprint density at radius 2 is 1.80 bits per heavy atom. The number of nitrogens with one attached hydrogen (secondary N) is 2. The van der Waals surface area contributed by atoms with Crippen molar-refractivity contribution in [1.82, 2.24) is 15.2 Å². The fourth-order valence-corrected chi connectivity index (χ4v) is 5.42. The van der Waals surface area contributed by atoms with Crippen molar-refractivity contribution < 1.29 is 4.79 Å². The van der Waals surface area contributed by atoms with Crippen LogP contribution in [0.3, 0.4) is 0 Å². The molecule has 1 unspecified atom stereocenters. The molecule has 206 valence electrons. The lowest BCUT2D eigenvalue weighted by atomic mass is 9.96. The number of rotatable bonds is 7. The number of fused-ring (bicyclic) bond motifs is 1. The second kappa shape index (κ2) is 12.6. The molecule has 3 atom stereocenters. The summed E-state index contributed by atoms with van der Waals surface area (Å²) in [4.78, 5) is 29.3. The zero-order valence-electron chi connectivity index (χ0n) is 23.1. The standard InChI is InChI=1S/C32H37N7O/c1-22-26-11-8-13-28(26)36-21-39(2)32(40)29(30(33)37-22)31(38-25-9-4-3-5-10-25)35-20-18-23-14-16-24(17-15-23)27-12-6-7-19-34-27/h3-7,9-10,12,14-17,19,21-22,26,28,35,38H,8,11,13,18,20H2,1-2H3,(H2,33,37)/b31-29-,36-21?/t22-,26?,28+/m0/s1. The molecule has 8 heteroatoms. The Balaban J connectivity index is 1.42. The SMILES string of the molecule is C[C@@H]1N=C(N)/C(=C(\NCCc2ccc(-c3ccccn3)cc2)Nc2ccccc2)C(=O)N(C)C=N[C@@H]2CCCC12. The highest BCUT2D eigenvalue weighted by atomic mass is 16.2. The Morgan fingerprint density at radius 3 is 2.55 bits per heavy atom. The van der Waals surface area contributed by atoms with E-state index in [1.165, 1.54) is 10.5 Å². The summed E-state index contributed by atoms with van der Waals surface area (Å²) in [7, 11) is 1.72. The fraction of sp³-hybridized carbons (Fsp3) is 0.312. The number of amides is 1. The van der Waals surface area contributed by atoms with Gasteiger partial charge in [0.15, 0.2) is 0 Å². The summed E-state index contributed by atoms with van der Waals surface area (Å²) < 4.78 is 0. The minimum atomic E-state index is -0.265. The van der Waals surface area contributed by atoms with Crippen LogP contribution in [-0.4, -0.2) is 53.6 Å². The van der Waals surface area contributed by atoms with Crippen molar-refractivity contribution in [1.29, 1.82) is 0 Å². The number of hydrogen-bond acceptors (Lipinski definition) is 7. The first-order valence-electron chi connectivity index (χ1n) is 13.9. The predicted molar refractivity (Wildman–Crippen MR) is 162 cm³/mol. The van der Waals surface area contributed by atoms with Crippen molar-refractivity contribution in [3.63, 3.8) is 0 Å². The molecule has 3 aromatic rings. The van der Waals surface area contributed by atoms with Crippen LogP contribution in [0.4, 0.5) is 5.69 Å². The number of nitrogens with two attached hydrogens (primary N) is 1. The Hall–Kier alpha value is -4.46. The third kappa shape index (κ3) is 6.39. The van der Waals surface area contributed by atoms with Gasteiger partial charge in [0.1, 0.15) is 17.2 Å². The van der Waals surface area contributed by atoms with E-state index in [-0.39, 0.29) is 23.8 Å². The molecule has 2 heterocycles. The molecule has 1 aromatic heterocycles. The summed E-state index contributed by atoms with van der Waals surface area (Å²) >= 11 is 0. The summed E-state index contributed by atoms with van der Waals surface area (Å²) in [6.07, 6.45) is 7.38. The number of hydrogen-bond donors (Lipinski definition) is 3. The van der Waals surface area contributed by atoms with Crippen LogP contribution in [0.25, 0.3) is 11.3 Å². The van der Waals surface area contributed by atoms with Crippen molar-refractivity contribution >= 4 is 23.8 Å². The first-order valence-corrected chi connectivity index (χ1v) is 13.9. The molecule has 1 fully saturated rings. The van der Waals surface area contributed by atoms with Gasteiger partial charge in [0, 0.05) is 37.0 Å². The predicted octanol–water partition coefficient (Wildman–Crippen LogP) is 4.62. The number of anilines is 1. The normalized spacial score (nSPS) is 22.4. The minimum Gasteiger partial charge on any atom is -0.383 e. The second-order valence-electron chi connectivity index (χ2n) is 10.4. The van der Waals surface area contributed by atoms with Gasteiger partial charge in [-0.05, 0) is 56.0 Å². The second-order valence-corrected chi connectivity index (χ2v) is 10.4. The monoisotopic (exact) mass is 535 g/mol. The summed E-state index contributed by atoms with van der Waals surface area (Å²) in [5.41, 5.74) is 11.0. The summed E-state index contributed by atoms with van der Waals surface area (Å²) in [6.45, 7) is 2.66. The third-order valence-corrected chi connectivity index (χ3v) is 7.64. The van der Waals surface area contributed by atoms with Crippen LogP contribution >= 0.6 is 0 Å². The van der Waals surface area contributed by atoms with Crippen LogP contribution in [0.1, 0.15) is 31.7 Å². The zero-order valence-corrected chi connectivity index (χ0v) is 23.1. The van der Waals surface area contributed by atoms with Gasteiger partial charge in [-0.3, -0.25) is 19.8 Å². The summed E-state index contributed by atoms with van der Waals surface area (Å²) in [5.74, 6) is 0.805. The average molecular weight is 536 g/mol. The lowest BCUT2D eigenvalue weighted by Gasteiger charge is -2.26. The number of aromatic nitrogens is 1. The lowest BCUT2D eigenvalue weighted by Crippen LogP contribution is -2.40. The molecule has 5 rings (SSSR count). The largest absolute Gasteiger partial charge is 0.383 e. The van der Waals surface area contributed by atoms with Gasteiger partial charge in [0.2, 0.25) is 0 Å². The van der Waals surface area contributed by atoms with Gasteiger partial charge in [-0.2, -0.15) is 0 Å². The molecule has 0 radical (unpaired) electrons. The molecule has 1 aliphatic heterocycles. The van der Waals surface area contributed by atoms with E-state index >= 15 is 0 Å². The Morgan fingerprint density at radius 1 is 1.02 bits per heavy atom. The van der Waals surface area contributed by atoms with Crippen LogP contribution in [0.15, 0.2) is 100 Å². The van der Waals surface area contributed by atoms with Crippen molar-refractivity contribution in [2.75, 3.05) is 18.9 Å². The number of benzene rings is 2. The van der Waals surface area contributed by atoms with E-state index in [1.54, 1.807) is 19.6 Å². The third-order valence-electron chi connectivity index (χ3n) is 7.64. The molecule has 1 aliphatic carbocycles. The number of carbonyl (C=O) groups is 1. The van der Waals surface area contributed by atoms with Crippen molar-refractivity contribution in [3.05, 3.63) is 96.0 Å². The first kappa shape index (κ1) is 27.1. The van der Waals surface area contributed by atoms with Crippen molar-refractivity contribution in [2.24, 2.45) is 21.6 Å². The maximum Gasteiger partial charge on any atom is 0.266 e. The maximum atomic E-state index is 13.7. The topological polar surface area (TPSA) is 108 Å². The van der Waals surface area contributed by atoms with Crippen LogP contribution < -0.4 is 16.4 Å². The first-order chi connectivity index (χ1) is 19.5. The van der Waals surface area contributed by atoms with E-state index in [2.05, 4.69) is 46.8 Å². The minimum absolute atomic E-state index is 0.0357. The van der Waals surface area contributed by atoms with Gasteiger partial charge in [-0.1, -0.05) is 55.0 Å². The van der Waals surface area contributed by atoms with E-state index in [1.807, 2.05) is 48.5 Å². The van der Waals surface area contributed by atoms with Gasteiger partial charge in [0.25, 0.3) is 5.91 Å². The van der Waals surface area contributed by atoms with Crippen LogP contribution in [0.5, 0.6) is 0 Å². The number of amidine groups is 1. The van der Waals surface area contributed by atoms with Crippen LogP contribution in [0, 0.1) is 5.92 Å². The number of pyridine rings is 1. The van der Waals surface area contributed by atoms with Crippen LogP contribution in [-0.2, 0) is 11.2 Å². The Bertz CT molecular complexity index is 1380. The van der Waals surface area contributed by atoms with E-state index in [4.69, 9.17) is 15.7 Å². The highest BCUT2D eigenvalue weighted by molar-refractivity contribution is 6.22. The summed E-state index contributed by atoms with van der Waals surface area (Å²) in [5, 5.41) is 6.86. The smallest absolute Gasteiger partial charge is 0.266 e. The maximum absolute atomic E-state index is 13.7. The molecular formula is C32H37N7O. The van der Waals surface area contributed by atoms with Gasteiger partial charge in [-0.25, -0.2) is 0 Å². The van der Waals surface area contributed by atoms with Crippen molar-refractivity contribution in [3.8, 4) is 11.3 Å². The molecule has 1 amide bonds. The number of para-hydroxylation sites is 1. The molecule has 2 aliphatic rings. The molecule has 2 aromatic carbocycles. The molecule has 0 bridgehead atoms. The Labute approximate surface area is 236 Å². The zero-order chi connectivity index (χ0) is 27.9. The number of likely N-dealkylation sites (N-methyl/N-ethyl adjacent to an activating group) is 1. The van der Waals surface area contributed by atoms with Crippen molar-refractivity contribution in [2.45, 2.75) is 44.7 Å². The fourth-order valence-electron chi connectivity index (χ4n) is 5.42. The van der Waals surface area contributed by atoms with Gasteiger partial charge in [0.05, 0.1) is 24.1 Å². The molecule has 1 saturated carbocycles. The number of aliphatic imine (C=N–C) groups is 2. The molecule has 40 heavy (non-hydrogen) atoms. The highest BCUT2D eigenvalue weighted by Gasteiger charge is 2.33. The number of carbonyl (C=O) groups excluding carboxylic acids is 1. The van der Waals surface area contributed by atoms with E-state index in [9.17, 15) is 4.79 Å².